The number of nitrogens with two attached hydrogens (primary N) is 2. The van der Waals surface area contributed by atoms with Crippen molar-refractivity contribution in [1.82, 2.24) is 0 Å². The molecule has 0 saturated carbocycles. The van der Waals surface area contributed by atoms with Gasteiger partial charge in [0.25, 0.3) is 0 Å². The summed E-state index contributed by atoms with van der Waals surface area (Å²) < 4.78 is 40.7. The smallest absolute Gasteiger partial charge is 0.400 e. The highest BCUT2D eigenvalue weighted by atomic mass is 19.4. The third-order valence-corrected chi connectivity index (χ3v) is 3.87. The first-order valence-electron chi connectivity index (χ1n) is 7.72. The van der Waals surface area contributed by atoms with E-state index >= 15 is 0 Å². The van der Waals surface area contributed by atoms with E-state index in [4.69, 9.17) is 11.6 Å². The molecule has 1 unspecified atom stereocenters. The third kappa shape index (κ3) is 4.30. The number of allylic oxidation sites excluding steroid dienone is 4. The Kier molecular flexibility index (Phi) is 6.07. The van der Waals surface area contributed by atoms with Gasteiger partial charge in [-0.3, -0.25) is 0 Å². The molecule has 0 bridgehead atoms. The van der Waals surface area contributed by atoms with Crippen LogP contribution in [0.5, 0.6) is 0 Å². The number of rotatable bonds is 5. The highest BCUT2D eigenvalue weighted by Gasteiger charge is 2.47. The number of anilines is 1. The van der Waals surface area contributed by atoms with Crippen molar-refractivity contribution in [2.75, 3.05) is 5.32 Å². The predicted molar refractivity (Wildman–Crippen MR) is 97.5 cm³/mol. The Labute approximate surface area is 157 Å². The standard InChI is InChI=1S/C18H15F3N4O3/c19-18(20,21)15-11(8-26)4-2-6-13(15)14(17(27)28)16(22)10-3-1-5-12(7-10)24-9-25-23/h1-7,9,15H,22-23H2,(H,24,25)(H,27,28). The zero-order valence-corrected chi connectivity index (χ0v) is 14.2. The second-order valence-electron chi connectivity index (χ2n) is 5.61. The molecule has 6 N–H and O–H groups in total. The van der Waals surface area contributed by atoms with Crippen molar-refractivity contribution < 1.29 is 27.9 Å². The molecule has 0 aliphatic heterocycles. The number of aliphatic carboxylic acids is 1. The Hall–Kier alpha value is -3.78. The minimum atomic E-state index is -4.91. The normalized spacial score (nSPS) is 17.8. The van der Waals surface area contributed by atoms with E-state index in [9.17, 15) is 27.9 Å². The maximum atomic E-state index is 13.6. The molecule has 7 nitrogen and oxygen atoms in total. The SMILES string of the molecule is NN=CNc1cccc(C(N)=C(C(=O)O)C2=CC=CC(=C=O)C2C(F)(F)F)c1. The summed E-state index contributed by atoms with van der Waals surface area (Å²) in [4.78, 5) is 22.8. The highest BCUT2D eigenvalue weighted by molar-refractivity contribution is 6.01. The summed E-state index contributed by atoms with van der Waals surface area (Å²) in [5, 5.41) is 15.5. The summed E-state index contributed by atoms with van der Waals surface area (Å²) in [5.41, 5.74) is 3.97. The Morgan fingerprint density at radius 2 is 2.07 bits per heavy atom. The number of nitrogens with zero attached hydrogens (tertiary/aromatic N) is 1. The van der Waals surface area contributed by atoms with Crippen LogP contribution in [0.15, 0.2) is 64.3 Å². The van der Waals surface area contributed by atoms with E-state index in [2.05, 4.69) is 10.4 Å². The van der Waals surface area contributed by atoms with Crippen LogP contribution in [0.1, 0.15) is 5.56 Å². The molecule has 0 amide bonds. The van der Waals surface area contributed by atoms with E-state index < -0.39 is 40.5 Å². The Morgan fingerprint density at radius 1 is 1.36 bits per heavy atom. The molecule has 0 heterocycles. The molecular formula is C18H15F3N4O3. The lowest BCUT2D eigenvalue weighted by molar-refractivity contribution is -0.153. The molecule has 1 aliphatic carbocycles. The van der Waals surface area contributed by atoms with Crippen LogP contribution in [0.25, 0.3) is 5.70 Å². The predicted octanol–water partition coefficient (Wildman–Crippen LogP) is 2.19. The van der Waals surface area contributed by atoms with Gasteiger partial charge in [0.1, 0.15) is 18.2 Å². The van der Waals surface area contributed by atoms with Gasteiger partial charge in [-0.05, 0) is 23.8 Å². The minimum Gasteiger partial charge on any atom is -0.478 e. The van der Waals surface area contributed by atoms with Crippen molar-refractivity contribution >= 4 is 29.6 Å². The number of carbonyl (C=O) groups is 1. The van der Waals surface area contributed by atoms with Crippen LogP contribution < -0.4 is 16.9 Å². The monoisotopic (exact) mass is 392 g/mol. The summed E-state index contributed by atoms with van der Waals surface area (Å²) in [6.45, 7) is 0. The summed E-state index contributed by atoms with van der Waals surface area (Å²) in [6, 6.07) is 5.95. The second kappa shape index (κ2) is 8.28. The van der Waals surface area contributed by atoms with Gasteiger partial charge in [0.15, 0.2) is 0 Å². The van der Waals surface area contributed by atoms with Crippen molar-refractivity contribution in [2.45, 2.75) is 6.18 Å². The lowest BCUT2D eigenvalue weighted by Gasteiger charge is -2.26. The summed E-state index contributed by atoms with van der Waals surface area (Å²) in [7, 11) is 0. The number of hydrazone groups is 1. The zero-order chi connectivity index (χ0) is 20.9. The van der Waals surface area contributed by atoms with E-state index in [-0.39, 0.29) is 5.56 Å². The second-order valence-corrected chi connectivity index (χ2v) is 5.61. The van der Waals surface area contributed by atoms with E-state index in [0.29, 0.717) is 5.69 Å². The molecule has 1 aliphatic rings. The number of halogens is 3. The Morgan fingerprint density at radius 3 is 2.64 bits per heavy atom. The number of nitrogens with one attached hydrogen (secondary N) is 1. The van der Waals surface area contributed by atoms with E-state index in [1.807, 2.05) is 0 Å². The van der Waals surface area contributed by atoms with Crippen molar-refractivity contribution in [1.29, 1.82) is 0 Å². The van der Waals surface area contributed by atoms with Gasteiger partial charge in [-0.15, -0.1) is 0 Å². The Balaban J connectivity index is 2.66. The van der Waals surface area contributed by atoms with Crippen molar-refractivity contribution in [3.8, 4) is 0 Å². The number of carbonyl (C=O) groups excluding carboxylic acids is 1. The van der Waals surface area contributed by atoms with Crippen LogP contribution in [0.2, 0.25) is 0 Å². The number of carboxylic acid groups (broad SMARTS) is 1. The van der Waals surface area contributed by atoms with Gasteiger partial charge in [0, 0.05) is 11.3 Å². The van der Waals surface area contributed by atoms with Crippen LogP contribution in [0.3, 0.4) is 0 Å². The van der Waals surface area contributed by atoms with Crippen molar-refractivity contribution in [3.63, 3.8) is 0 Å². The van der Waals surface area contributed by atoms with Gasteiger partial charge >= 0.3 is 12.1 Å². The molecule has 0 fully saturated rings. The van der Waals surface area contributed by atoms with Gasteiger partial charge < -0.3 is 22.0 Å². The molecule has 10 heteroatoms. The average Bonchev–Trinajstić information content (AvgIpc) is 2.65. The molecule has 0 saturated heterocycles. The first kappa shape index (κ1) is 20.5. The van der Waals surface area contributed by atoms with Gasteiger partial charge in [-0.2, -0.15) is 18.3 Å². The fourth-order valence-corrected chi connectivity index (χ4v) is 2.72. The van der Waals surface area contributed by atoms with E-state index in [1.54, 1.807) is 6.07 Å². The third-order valence-electron chi connectivity index (χ3n) is 3.87. The minimum absolute atomic E-state index is 0.154. The molecule has 1 atom stereocenters. The lowest BCUT2D eigenvalue weighted by Crippen LogP contribution is -2.31. The van der Waals surface area contributed by atoms with E-state index in [0.717, 1.165) is 24.6 Å². The molecule has 146 valence electrons. The first-order chi connectivity index (χ1) is 13.2. The molecule has 0 spiro atoms. The van der Waals surface area contributed by atoms with Crippen LogP contribution >= 0.6 is 0 Å². The van der Waals surface area contributed by atoms with Crippen molar-refractivity contribution in [2.24, 2.45) is 22.6 Å². The highest BCUT2D eigenvalue weighted by Crippen LogP contribution is 2.42. The van der Waals surface area contributed by atoms with Gasteiger partial charge in [-0.25, -0.2) is 9.59 Å². The first-order valence-corrected chi connectivity index (χ1v) is 7.72. The summed E-state index contributed by atoms with van der Waals surface area (Å²) in [6.07, 6.45) is -0.707. The Bertz CT molecular complexity index is 955. The fraction of sp³-hybridized carbons (Fsp3) is 0.111. The van der Waals surface area contributed by atoms with Crippen LogP contribution in [-0.2, 0) is 9.59 Å². The van der Waals surface area contributed by atoms with Crippen LogP contribution in [0, 0.1) is 5.92 Å². The fourth-order valence-electron chi connectivity index (χ4n) is 2.72. The van der Waals surface area contributed by atoms with Crippen LogP contribution in [-0.4, -0.2) is 29.5 Å². The molecule has 2 rings (SSSR count). The summed E-state index contributed by atoms with van der Waals surface area (Å²) >= 11 is 0. The van der Waals surface area contributed by atoms with Gasteiger partial charge in [-0.1, -0.05) is 24.3 Å². The maximum Gasteiger partial charge on any atom is 0.400 e. The van der Waals surface area contributed by atoms with Gasteiger partial charge in [0.2, 0.25) is 0 Å². The molecule has 1 aromatic rings. The molecule has 28 heavy (non-hydrogen) atoms. The van der Waals surface area contributed by atoms with Gasteiger partial charge in [0.05, 0.1) is 16.8 Å². The zero-order valence-electron chi connectivity index (χ0n) is 14.2. The quantitative estimate of drug-likeness (QED) is 0.152. The van der Waals surface area contributed by atoms with Crippen molar-refractivity contribution in [3.05, 3.63) is 64.8 Å². The number of benzene rings is 1. The average molecular weight is 392 g/mol. The molecule has 1 aromatic carbocycles. The number of hydrogen-bond acceptors (Lipinski definition) is 5. The maximum absolute atomic E-state index is 13.6. The lowest BCUT2D eigenvalue weighted by atomic mass is 9.81. The molecule has 0 radical (unpaired) electrons. The number of carboxylic acids is 1. The summed E-state index contributed by atoms with van der Waals surface area (Å²) in [5.74, 6) is 2.08. The topological polar surface area (TPSA) is 131 Å². The van der Waals surface area contributed by atoms with E-state index in [1.165, 1.54) is 24.1 Å². The largest absolute Gasteiger partial charge is 0.478 e. The molecular weight excluding hydrogens is 377 g/mol. The number of alkyl halides is 3. The molecule has 0 aromatic heterocycles. The number of hydrogen-bond donors (Lipinski definition) is 4. The van der Waals surface area contributed by atoms with Crippen LogP contribution in [0.4, 0.5) is 18.9 Å².